The van der Waals surface area contributed by atoms with Crippen LogP contribution in [0, 0.1) is 17.3 Å². The second-order valence-corrected chi connectivity index (χ2v) is 6.96. The van der Waals surface area contributed by atoms with E-state index < -0.39 is 0 Å². The molecule has 0 aromatic rings. The molecule has 3 aliphatic heterocycles. The molecule has 0 bridgehead atoms. The molecular formula is C15H23N3O2. The third-order valence-corrected chi connectivity index (χ3v) is 5.97. The Bertz CT molecular complexity index is 444. The van der Waals surface area contributed by atoms with E-state index in [0.29, 0.717) is 17.9 Å². The van der Waals surface area contributed by atoms with E-state index in [1.807, 2.05) is 4.90 Å². The predicted molar refractivity (Wildman–Crippen MR) is 73.9 cm³/mol. The molecule has 4 fully saturated rings. The third kappa shape index (κ3) is 1.79. The average Bonchev–Trinajstić information content (AvgIpc) is 3.03. The highest BCUT2D eigenvalue weighted by atomic mass is 16.2. The Labute approximate surface area is 119 Å². The van der Waals surface area contributed by atoms with Gasteiger partial charge >= 0.3 is 0 Å². The van der Waals surface area contributed by atoms with Gasteiger partial charge in [-0.05, 0) is 50.6 Å². The normalized spacial score (nSPS) is 38.5. The number of nitrogens with one attached hydrogen (secondary N) is 2. The molecule has 4 rings (SSSR count). The maximum Gasteiger partial charge on any atom is 0.226 e. The van der Waals surface area contributed by atoms with Gasteiger partial charge in [0.15, 0.2) is 0 Å². The summed E-state index contributed by atoms with van der Waals surface area (Å²) in [6, 6.07) is 0.128. The minimum atomic E-state index is 0.0513. The van der Waals surface area contributed by atoms with Gasteiger partial charge in [0.1, 0.15) is 0 Å². The number of amides is 2. The van der Waals surface area contributed by atoms with Gasteiger partial charge in [0.05, 0.1) is 12.0 Å². The fourth-order valence-corrected chi connectivity index (χ4v) is 4.60. The lowest BCUT2D eigenvalue weighted by Gasteiger charge is -2.37. The van der Waals surface area contributed by atoms with E-state index in [2.05, 4.69) is 10.6 Å². The Morgan fingerprint density at radius 1 is 1.30 bits per heavy atom. The van der Waals surface area contributed by atoms with Crippen molar-refractivity contribution in [3.05, 3.63) is 0 Å². The summed E-state index contributed by atoms with van der Waals surface area (Å²) in [5.74, 6) is 0.771. The number of fused-ring (bicyclic) bond motifs is 1. The Hall–Kier alpha value is -1.10. The van der Waals surface area contributed by atoms with Crippen molar-refractivity contribution in [1.29, 1.82) is 0 Å². The standard InChI is InChI=1S/C15H23N3O2/c19-13-10-2-1-7-18(12(10)9-17-13)14(20)11-8-15(11)3-5-16-6-4-15/h10-12,16H,1-9H2,(H,17,19). The summed E-state index contributed by atoms with van der Waals surface area (Å²) in [7, 11) is 0. The quantitative estimate of drug-likeness (QED) is 0.715. The first-order valence-corrected chi connectivity index (χ1v) is 8.00. The number of carbonyl (C=O) groups excluding carboxylic acids is 2. The Balaban J connectivity index is 1.47. The first kappa shape index (κ1) is 12.6. The summed E-state index contributed by atoms with van der Waals surface area (Å²) in [6.45, 7) is 3.61. The van der Waals surface area contributed by atoms with Crippen LogP contribution in [-0.4, -0.2) is 48.9 Å². The molecular weight excluding hydrogens is 254 g/mol. The molecule has 3 heterocycles. The minimum Gasteiger partial charge on any atom is -0.354 e. The van der Waals surface area contributed by atoms with Crippen molar-refractivity contribution < 1.29 is 9.59 Å². The predicted octanol–water partition coefficient (Wildman–Crippen LogP) is 0.113. The summed E-state index contributed by atoms with van der Waals surface area (Å²) < 4.78 is 0. The molecule has 0 aromatic heterocycles. The number of rotatable bonds is 1. The zero-order chi connectivity index (χ0) is 13.7. The maximum absolute atomic E-state index is 12.8. The van der Waals surface area contributed by atoms with Crippen molar-refractivity contribution in [2.24, 2.45) is 17.3 Å². The fraction of sp³-hybridized carbons (Fsp3) is 0.867. The van der Waals surface area contributed by atoms with Crippen molar-refractivity contribution in [3.8, 4) is 0 Å². The molecule has 1 aliphatic carbocycles. The van der Waals surface area contributed by atoms with E-state index >= 15 is 0 Å². The van der Waals surface area contributed by atoms with E-state index in [1.165, 1.54) is 0 Å². The summed E-state index contributed by atoms with van der Waals surface area (Å²) in [6.07, 6.45) is 5.27. The summed E-state index contributed by atoms with van der Waals surface area (Å²) in [5.41, 5.74) is 0.297. The van der Waals surface area contributed by atoms with Crippen molar-refractivity contribution in [1.82, 2.24) is 15.5 Å². The molecule has 110 valence electrons. The third-order valence-electron chi connectivity index (χ3n) is 5.97. The number of nitrogens with zero attached hydrogens (tertiary/aromatic N) is 1. The highest BCUT2D eigenvalue weighted by molar-refractivity contribution is 5.87. The SMILES string of the molecule is O=C1NCC2C1CCCN2C(=O)C1CC12CCNCC2. The molecule has 1 spiro atoms. The lowest BCUT2D eigenvalue weighted by molar-refractivity contribution is -0.139. The minimum absolute atomic E-state index is 0.0513. The van der Waals surface area contributed by atoms with Crippen molar-refractivity contribution in [2.45, 2.75) is 38.1 Å². The van der Waals surface area contributed by atoms with Crippen LogP contribution in [0.3, 0.4) is 0 Å². The monoisotopic (exact) mass is 277 g/mol. The van der Waals surface area contributed by atoms with Gasteiger partial charge in [-0.15, -0.1) is 0 Å². The van der Waals surface area contributed by atoms with Gasteiger partial charge in [0.2, 0.25) is 11.8 Å². The van der Waals surface area contributed by atoms with E-state index in [-0.39, 0.29) is 23.8 Å². The topological polar surface area (TPSA) is 61.4 Å². The summed E-state index contributed by atoms with van der Waals surface area (Å²) in [4.78, 5) is 26.7. The zero-order valence-corrected chi connectivity index (χ0v) is 11.9. The molecule has 4 aliphatic rings. The fourth-order valence-electron chi connectivity index (χ4n) is 4.60. The number of piperidine rings is 2. The van der Waals surface area contributed by atoms with Crippen molar-refractivity contribution in [2.75, 3.05) is 26.2 Å². The molecule has 3 unspecified atom stereocenters. The first-order chi connectivity index (χ1) is 9.71. The Morgan fingerprint density at radius 2 is 2.10 bits per heavy atom. The number of hydrogen-bond acceptors (Lipinski definition) is 3. The summed E-state index contributed by atoms with van der Waals surface area (Å²) >= 11 is 0. The average molecular weight is 277 g/mol. The molecule has 20 heavy (non-hydrogen) atoms. The lowest BCUT2D eigenvalue weighted by atomic mass is 9.89. The van der Waals surface area contributed by atoms with E-state index in [4.69, 9.17) is 0 Å². The second-order valence-electron chi connectivity index (χ2n) is 6.96. The van der Waals surface area contributed by atoms with E-state index in [9.17, 15) is 9.59 Å². The van der Waals surface area contributed by atoms with Crippen LogP contribution < -0.4 is 10.6 Å². The molecule has 2 N–H and O–H groups in total. The lowest BCUT2D eigenvalue weighted by Crippen LogP contribution is -2.50. The van der Waals surface area contributed by atoms with Gasteiger partial charge in [0.25, 0.3) is 0 Å². The molecule has 2 amide bonds. The smallest absolute Gasteiger partial charge is 0.226 e. The molecule has 0 aromatic carbocycles. The van der Waals surface area contributed by atoms with Gasteiger partial charge in [-0.2, -0.15) is 0 Å². The van der Waals surface area contributed by atoms with Crippen LogP contribution in [0.15, 0.2) is 0 Å². The van der Waals surface area contributed by atoms with E-state index in [1.54, 1.807) is 0 Å². The molecule has 5 heteroatoms. The zero-order valence-electron chi connectivity index (χ0n) is 11.9. The summed E-state index contributed by atoms with van der Waals surface area (Å²) in [5, 5.41) is 6.32. The second kappa shape index (κ2) is 4.45. The largest absolute Gasteiger partial charge is 0.354 e. The van der Waals surface area contributed by atoms with Crippen LogP contribution >= 0.6 is 0 Å². The van der Waals surface area contributed by atoms with Gasteiger partial charge in [0, 0.05) is 19.0 Å². The van der Waals surface area contributed by atoms with Crippen LogP contribution in [-0.2, 0) is 9.59 Å². The van der Waals surface area contributed by atoms with Gasteiger partial charge in [-0.25, -0.2) is 0 Å². The Morgan fingerprint density at radius 3 is 2.90 bits per heavy atom. The molecule has 0 radical (unpaired) electrons. The van der Waals surface area contributed by atoms with Crippen molar-refractivity contribution in [3.63, 3.8) is 0 Å². The highest BCUT2D eigenvalue weighted by Gasteiger charge is 2.59. The highest BCUT2D eigenvalue weighted by Crippen LogP contribution is 2.59. The molecule has 5 nitrogen and oxygen atoms in total. The number of likely N-dealkylation sites (tertiary alicyclic amines) is 1. The maximum atomic E-state index is 12.8. The van der Waals surface area contributed by atoms with Crippen LogP contribution in [0.25, 0.3) is 0 Å². The number of carbonyl (C=O) groups is 2. The van der Waals surface area contributed by atoms with Gasteiger partial charge in [-0.1, -0.05) is 0 Å². The van der Waals surface area contributed by atoms with E-state index in [0.717, 1.165) is 51.7 Å². The van der Waals surface area contributed by atoms with Crippen LogP contribution in [0.4, 0.5) is 0 Å². The Kier molecular flexibility index (Phi) is 2.81. The molecule has 3 saturated heterocycles. The molecule has 3 atom stereocenters. The van der Waals surface area contributed by atoms with Crippen molar-refractivity contribution >= 4 is 11.8 Å². The van der Waals surface area contributed by atoms with Gasteiger partial charge < -0.3 is 15.5 Å². The number of hydrogen-bond donors (Lipinski definition) is 2. The van der Waals surface area contributed by atoms with Crippen LogP contribution in [0.5, 0.6) is 0 Å². The van der Waals surface area contributed by atoms with Crippen LogP contribution in [0.2, 0.25) is 0 Å². The molecule has 1 saturated carbocycles. The van der Waals surface area contributed by atoms with Crippen LogP contribution in [0.1, 0.15) is 32.1 Å². The first-order valence-electron chi connectivity index (χ1n) is 8.00. The van der Waals surface area contributed by atoms with Gasteiger partial charge in [-0.3, -0.25) is 9.59 Å².